The van der Waals surface area contributed by atoms with Crippen LogP contribution in [0.3, 0.4) is 0 Å². The van der Waals surface area contributed by atoms with Crippen molar-refractivity contribution in [2.24, 2.45) is 0 Å². The standard InChI is InChI=1S/C14H11F3O/c1-9(13(18)14(15,16)17)11-8-4-6-10-5-2-3-7-12(10)11/h2-8,13,18H,1H2. The van der Waals surface area contributed by atoms with E-state index in [0.717, 1.165) is 5.39 Å². The molecule has 1 nitrogen and oxygen atoms in total. The number of aliphatic hydroxyl groups excluding tert-OH is 1. The van der Waals surface area contributed by atoms with E-state index in [0.29, 0.717) is 10.9 Å². The summed E-state index contributed by atoms with van der Waals surface area (Å²) in [5.41, 5.74) is -0.0165. The Hall–Kier alpha value is -1.81. The SMILES string of the molecule is C=C(c1cccc2ccccc12)C(O)C(F)(F)F. The van der Waals surface area contributed by atoms with Gasteiger partial charge >= 0.3 is 6.18 Å². The first-order chi connectivity index (χ1) is 8.41. The fraction of sp³-hybridized carbons (Fsp3) is 0.143. The molecule has 0 radical (unpaired) electrons. The quantitative estimate of drug-likeness (QED) is 0.862. The van der Waals surface area contributed by atoms with Gasteiger partial charge in [0.15, 0.2) is 6.10 Å². The van der Waals surface area contributed by atoms with Crippen LogP contribution in [-0.4, -0.2) is 17.4 Å². The van der Waals surface area contributed by atoms with E-state index in [1.165, 1.54) is 6.07 Å². The van der Waals surface area contributed by atoms with Crippen molar-refractivity contribution < 1.29 is 18.3 Å². The smallest absolute Gasteiger partial charge is 0.379 e. The molecule has 0 aromatic heterocycles. The van der Waals surface area contributed by atoms with Crippen LogP contribution in [-0.2, 0) is 0 Å². The Kier molecular flexibility index (Phi) is 3.13. The molecule has 0 spiro atoms. The molecule has 1 unspecified atom stereocenters. The fourth-order valence-corrected chi connectivity index (χ4v) is 1.85. The maximum Gasteiger partial charge on any atom is 0.418 e. The lowest BCUT2D eigenvalue weighted by Crippen LogP contribution is -2.29. The van der Waals surface area contributed by atoms with E-state index < -0.39 is 12.3 Å². The summed E-state index contributed by atoms with van der Waals surface area (Å²) in [4.78, 5) is 0. The Morgan fingerprint density at radius 3 is 2.33 bits per heavy atom. The third kappa shape index (κ3) is 2.24. The number of hydrogen-bond acceptors (Lipinski definition) is 1. The first-order valence-electron chi connectivity index (χ1n) is 5.33. The zero-order valence-corrected chi connectivity index (χ0v) is 9.41. The molecule has 18 heavy (non-hydrogen) atoms. The third-order valence-corrected chi connectivity index (χ3v) is 2.78. The van der Waals surface area contributed by atoms with Crippen molar-refractivity contribution in [3.8, 4) is 0 Å². The minimum atomic E-state index is -4.70. The molecule has 0 saturated heterocycles. The van der Waals surface area contributed by atoms with Gasteiger partial charge in [-0.05, 0) is 21.9 Å². The van der Waals surface area contributed by atoms with Crippen LogP contribution in [0.1, 0.15) is 5.56 Å². The first-order valence-corrected chi connectivity index (χ1v) is 5.33. The molecule has 0 aliphatic rings. The van der Waals surface area contributed by atoms with Crippen LogP contribution in [0.5, 0.6) is 0 Å². The Morgan fingerprint density at radius 1 is 1.06 bits per heavy atom. The van der Waals surface area contributed by atoms with Gasteiger partial charge in [0.25, 0.3) is 0 Å². The van der Waals surface area contributed by atoms with Gasteiger partial charge in [0.05, 0.1) is 0 Å². The van der Waals surface area contributed by atoms with E-state index in [1.54, 1.807) is 36.4 Å². The Bertz CT molecular complexity index is 582. The molecule has 0 saturated carbocycles. The Morgan fingerprint density at radius 2 is 1.67 bits per heavy atom. The van der Waals surface area contributed by atoms with Crippen LogP contribution in [0.4, 0.5) is 13.2 Å². The van der Waals surface area contributed by atoms with Crippen LogP contribution >= 0.6 is 0 Å². The van der Waals surface area contributed by atoms with Gasteiger partial charge in [-0.3, -0.25) is 0 Å². The summed E-state index contributed by atoms with van der Waals surface area (Å²) in [6, 6.07) is 12.0. The van der Waals surface area contributed by atoms with Crippen molar-refractivity contribution in [2.45, 2.75) is 12.3 Å². The van der Waals surface area contributed by atoms with E-state index >= 15 is 0 Å². The van der Waals surface area contributed by atoms with E-state index in [-0.39, 0.29) is 5.57 Å². The monoisotopic (exact) mass is 252 g/mol. The highest BCUT2D eigenvalue weighted by atomic mass is 19.4. The number of fused-ring (bicyclic) bond motifs is 1. The summed E-state index contributed by atoms with van der Waals surface area (Å²) >= 11 is 0. The van der Waals surface area contributed by atoms with E-state index in [9.17, 15) is 18.3 Å². The van der Waals surface area contributed by atoms with Crippen molar-refractivity contribution in [1.82, 2.24) is 0 Å². The van der Waals surface area contributed by atoms with Crippen molar-refractivity contribution in [1.29, 1.82) is 0 Å². The topological polar surface area (TPSA) is 20.2 Å². The highest BCUT2D eigenvalue weighted by Crippen LogP contribution is 2.33. The zero-order valence-electron chi connectivity index (χ0n) is 9.41. The molecule has 2 rings (SSSR count). The molecule has 0 bridgehead atoms. The summed E-state index contributed by atoms with van der Waals surface area (Å²) in [6.45, 7) is 3.37. The molecule has 1 atom stereocenters. The normalized spacial score (nSPS) is 13.6. The van der Waals surface area contributed by atoms with Crippen LogP contribution in [0.2, 0.25) is 0 Å². The van der Waals surface area contributed by atoms with Crippen molar-refractivity contribution in [3.63, 3.8) is 0 Å². The van der Waals surface area contributed by atoms with E-state index in [1.807, 2.05) is 0 Å². The van der Waals surface area contributed by atoms with Gasteiger partial charge in [-0.15, -0.1) is 0 Å². The minimum absolute atomic E-state index is 0.318. The number of alkyl halides is 3. The highest BCUT2D eigenvalue weighted by Gasteiger charge is 2.40. The fourth-order valence-electron chi connectivity index (χ4n) is 1.85. The second kappa shape index (κ2) is 4.46. The average molecular weight is 252 g/mol. The second-order valence-electron chi connectivity index (χ2n) is 4.00. The highest BCUT2D eigenvalue weighted by molar-refractivity contribution is 5.94. The summed E-state index contributed by atoms with van der Waals surface area (Å²) in [5, 5.41) is 10.7. The summed E-state index contributed by atoms with van der Waals surface area (Å²) in [7, 11) is 0. The lowest BCUT2D eigenvalue weighted by molar-refractivity contribution is -0.184. The van der Waals surface area contributed by atoms with Gasteiger partial charge in [-0.25, -0.2) is 0 Å². The maximum absolute atomic E-state index is 12.5. The molecule has 2 aromatic carbocycles. The van der Waals surface area contributed by atoms with Crippen molar-refractivity contribution >= 4 is 16.3 Å². The van der Waals surface area contributed by atoms with Gasteiger partial charge in [-0.2, -0.15) is 13.2 Å². The number of halogens is 3. The third-order valence-electron chi connectivity index (χ3n) is 2.78. The lowest BCUT2D eigenvalue weighted by Gasteiger charge is -2.18. The van der Waals surface area contributed by atoms with E-state index in [2.05, 4.69) is 6.58 Å². The van der Waals surface area contributed by atoms with Crippen LogP contribution in [0.25, 0.3) is 16.3 Å². The molecular weight excluding hydrogens is 241 g/mol. The molecule has 0 aliphatic heterocycles. The molecular formula is C14H11F3O. The van der Waals surface area contributed by atoms with Gasteiger partial charge in [0, 0.05) is 0 Å². The molecule has 0 heterocycles. The molecule has 0 aliphatic carbocycles. The molecule has 4 heteroatoms. The summed E-state index contributed by atoms with van der Waals surface area (Å²) < 4.78 is 37.4. The molecule has 2 aromatic rings. The van der Waals surface area contributed by atoms with Crippen LogP contribution < -0.4 is 0 Å². The Labute approximate surface area is 102 Å². The largest absolute Gasteiger partial charge is 0.418 e. The first kappa shape index (κ1) is 12.6. The second-order valence-corrected chi connectivity index (χ2v) is 4.00. The maximum atomic E-state index is 12.5. The Balaban J connectivity index is 2.52. The van der Waals surface area contributed by atoms with Gasteiger partial charge in [0.2, 0.25) is 0 Å². The predicted octanol–water partition coefficient (Wildman–Crippen LogP) is 3.78. The van der Waals surface area contributed by atoms with Gasteiger partial charge in [0.1, 0.15) is 0 Å². The van der Waals surface area contributed by atoms with Crippen molar-refractivity contribution in [2.75, 3.05) is 0 Å². The van der Waals surface area contributed by atoms with Crippen LogP contribution in [0.15, 0.2) is 49.0 Å². The minimum Gasteiger partial charge on any atom is -0.379 e. The van der Waals surface area contributed by atoms with E-state index in [4.69, 9.17) is 0 Å². The predicted molar refractivity (Wildman–Crippen MR) is 65.0 cm³/mol. The zero-order chi connectivity index (χ0) is 13.3. The average Bonchev–Trinajstić information content (AvgIpc) is 2.35. The van der Waals surface area contributed by atoms with Gasteiger partial charge < -0.3 is 5.11 Å². The number of hydrogen-bond donors (Lipinski definition) is 1. The summed E-state index contributed by atoms with van der Waals surface area (Å²) in [5.74, 6) is 0. The molecule has 0 fully saturated rings. The number of benzene rings is 2. The van der Waals surface area contributed by atoms with Crippen molar-refractivity contribution in [3.05, 3.63) is 54.6 Å². The molecule has 1 N–H and O–H groups in total. The number of aliphatic hydroxyl groups is 1. The molecule has 0 amide bonds. The lowest BCUT2D eigenvalue weighted by atomic mass is 9.96. The van der Waals surface area contributed by atoms with Gasteiger partial charge in [-0.1, -0.05) is 49.0 Å². The van der Waals surface area contributed by atoms with Crippen LogP contribution in [0, 0.1) is 0 Å². The molecule has 94 valence electrons. The summed E-state index contributed by atoms with van der Waals surface area (Å²) in [6.07, 6.45) is -7.24. The number of rotatable bonds is 2.